The van der Waals surface area contributed by atoms with Crippen molar-refractivity contribution < 1.29 is 9.53 Å². The van der Waals surface area contributed by atoms with Gasteiger partial charge in [0, 0.05) is 17.8 Å². The van der Waals surface area contributed by atoms with Gasteiger partial charge in [-0.25, -0.2) is 9.97 Å². The van der Waals surface area contributed by atoms with Crippen molar-refractivity contribution in [1.82, 2.24) is 9.97 Å². The van der Waals surface area contributed by atoms with Gasteiger partial charge in [-0.3, -0.25) is 4.79 Å². The number of fused-ring (bicyclic) bond motifs is 1. The third-order valence-corrected chi connectivity index (χ3v) is 4.68. The van der Waals surface area contributed by atoms with E-state index < -0.39 is 0 Å². The van der Waals surface area contributed by atoms with E-state index in [0.29, 0.717) is 12.5 Å². The number of pyridine rings is 2. The minimum absolute atomic E-state index is 0.0383. The van der Waals surface area contributed by atoms with Gasteiger partial charge in [-0.1, -0.05) is 13.0 Å². The average Bonchev–Trinajstić information content (AvgIpc) is 2.61. The Morgan fingerprint density at radius 3 is 2.91 bits per heavy atom. The summed E-state index contributed by atoms with van der Waals surface area (Å²) in [4.78, 5) is 20.6. The first-order valence-electron chi connectivity index (χ1n) is 8.26. The summed E-state index contributed by atoms with van der Waals surface area (Å²) in [5.41, 5.74) is 3.33. The second kappa shape index (κ2) is 6.90. The Bertz CT molecular complexity index is 734. The van der Waals surface area contributed by atoms with Crippen LogP contribution in [0.4, 0.5) is 0 Å². The Morgan fingerprint density at radius 1 is 1.35 bits per heavy atom. The van der Waals surface area contributed by atoms with E-state index in [9.17, 15) is 4.79 Å². The molecule has 0 aliphatic heterocycles. The van der Waals surface area contributed by atoms with Gasteiger partial charge in [-0.05, 0) is 61.4 Å². The van der Waals surface area contributed by atoms with Crippen molar-refractivity contribution in [1.29, 1.82) is 0 Å². The fourth-order valence-corrected chi connectivity index (χ4v) is 3.28. The summed E-state index contributed by atoms with van der Waals surface area (Å²) in [5, 5.41) is 1.10. The molecule has 3 rings (SSSR count). The maximum atomic E-state index is 11.9. The summed E-state index contributed by atoms with van der Waals surface area (Å²) < 4.78 is 5.15. The Morgan fingerprint density at radius 2 is 2.17 bits per heavy atom. The number of allylic oxidation sites excluding steroid dienone is 2. The van der Waals surface area contributed by atoms with E-state index in [1.54, 1.807) is 6.20 Å². The lowest BCUT2D eigenvalue weighted by Gasteiger charge is -2.26. The van der Waals surface area contributed by atoms with Crippen molar-refractivity contribution in [2.24, 2.45) is 11.8 Å². The monoisotopic (exact) mass is 310 g/mol. The Hall–Kier alpha value is -2.23. The number of ether oxygens (including phenoxy) is 1. The fourth-order valence-electron chi connectivity index (χ4n) is 3.28. The topological polar surface area (TPSA) is 52.1 Å². The average molecular weight is 310 g/mol. The number of rotatable bonds is 4. The minimum atomic E-state index is -0.0760. The van der Waals surface area contributed by atoms with Crippen LogP contribution in [0.15, 0.2) is 36.7 Å². The first-order valence-corrected chi connectivity index (χ1v) is 8.26. The van der Waals surface area contributed by atoms with Crippen molar-refractivity contribution >= 4 is 22.6 Å². The summed E-state index contributed by atoms with van der Waals surface area (Å²) in [6.07, 6.45) is 8.76. The number of hydrogen-bond acceptors (Lipinski definition) is 4. The van der Waals surface area contributed by atoms with Gasteiger partial charge in [0.1, 0.15) is 0 Å². The molecule has 4 nitrogen and oxygen atoms in total. The number of nitrogens with zero attached hydrogens (tertiary/aromatic N) is 2. The van der Waals surface area contributed by atoms with Crippen molar-refractivity contribution in [3.8, 4) is 0 Å². The van der Waals surface area contributed by atoms with E-state index >= 15 is 0 Å². The Balaban J connectivity index is 1.80. The van der Waals surface area contributed by atoms with Gasteiger partial charge < -0.3 is 4.74 Å². The minimum Gasteiger partial charge on any atom is -0.466 e. The van der Waals surface area contributed by atoms with Gasteiger partial charge in [0.2, 0.25) is 0 Å². The van der Waals surface area contributed by atoms with Crippen LogP contribution in [0.3, 0.4) is 0 Å². The number of carbonyl (C=O) groups excluding carboxylic acids is 1. The molecule has 0 spiro atoms. The third kappa shape index (κ3) is 3.26. The number of hydrogen-bond donors (Lipinski definition) is 0. The van der Waals surface area contributed by atoms with Crippen LogP contribution in [0, 0.1) is 11.8 Å². The molecule has 2 atom stereocenters. The molecule has 0 aromatic carbocycles. The molecule has 120 valence electrons. The second-order valence-electron chi connectivity index (χ2n) is 6.04. The zero-order chi connectivity index (χ0) is 16.2. The Kier molecular flexibility index (Phi) is 4.70. The quantitative estimate of drug-likeness (QED) is 0.801. The molecule has 0 N–H and O–H groups in total. The first-order chi connectivity index (χ1) is 11.2. The molecule has 2 heterocycles. The van der Waals surface area contributed by atoms with Crippen LogP contribution in [0.1, 0.15) is 38.7 Å². The summed E-state index contributed by atoms with van der Waals surface area (Å²) >= 11 is 0. The lowest BCUT2D eigenvalue weighted by Crippen LogP contribution is -2.24. The van der Waals surface area contributed by atoms with Crippen molar-refractivity contribution in [2.75, 3.05) is 6.61 Å². The van der Waals surface area contributed by atoms with E-state index in [2.05, 4.69) is 28.2 Å². The fraction of sp³-hybridized carbons (Fsp3) is 0.421. The van der Waals surface area contributed by atoms with Gasteiger partial charge in [0.25, 0.3) is 0 Å². The molecule has 2 aromatic heterocycles. The number of aromatic nitrogens is 2. The van der Waals surface area contributed by atoms with E-state index in [-0.39, 0.29) is 11.9 Å². The molecule has 2 aromatic rings. The van der Waals surface area contributed by atoms with Crippen molar-refractivity contribution in [3.05, 3.63) is 42.2 Å². The van der Waals surface area contributed by atoms with Crippen molar-refractivity contribution in [3.63, 3.8) is 0 Å². The van der Waals surface area contributed by atoms with Crippen LogP contribution in [0.2, 0.25) is 0 Å². The lowest BCUT2D eigenvalue weighted by atomic mass is 9.79. The smallest absolute Gasteiger partial charge is 0.308 e. The maximum absolute atomic E-state index is 11.9. The second-order valence-corrected chi connectivity index (χ2v) is 6.04. The number of carbonyl (C=O) groups is 1. The highest BCUT2D eigenvalue weighted by atomic mass is 16.5. The molecular formula is C19H22N2O2. The van der Waals surface area contributed by atoms with Gasteiger partial charge in [0.15, 0.2) is 5.65 Å². The van der Waals surface area contributed by atoms with Crippen LogP contribution in [0.5, 0.6) is 0 Å². The molecule has 0 saturated carbocycles. The van der Waals surface area contributed by atoms with Crippen LogP contribution in [0.25, 0.3) is 16.6 Å². The van der Waals surface area contributed by atoms with Crippen molar-refractivity contribution in [2.45, 2.75) is 33.1 Å². The van der Waals surface area contributed by atoms with E-state index in [0.717, 1.165) is 30.3 Å². The van der Waals surface area contributed by atoms with Gasteiger partial charge in [-0.2, -0.15) is 0 Å². The van der Waals surface area contributed by atoms with Crippen LogP contribution in [-0.4, -0.2) is 22.5 Å². The predicted octanol–water partition coefficient (Wildman–Crippen LogP) is 4.01. The third-order valence-electron chi connectivity index (χ3n) is 4.68. The first kappa shape index (κ1) is 15.7. The molecule has 0 saturated heterocycles. The van der Waals surface area contributed by atoms with Crippen LogP contribution < -0.4 is 0 Å². The zero-order valence-electron chi connectivity index (χ0n) is 13.7. The molecule has 0 radical (unpaired) electrons. The summed E-state index contributed by atoms with van der Waals surface area (Å²) in [5.74, 6) is 0.250. The van der Waals surface area contributed by atoms with Gasteiger partial charge in [0.05, 0.1) is 12.5 Å². The molecule has 1 aliphatic rings. The molecule has 0 amide bonds. The van der Waals surface area contributed by atoms with Crippen LogP contribution >= 0.6 is 0 Å². The normalized spacial score (nSPS) is 19.2. The highest BCUT2D eigenvalue weighted by molar-refractivity contribution is 5.89. The SMILES string of the molecule is CCOC(=O)C(C)C1CC=C(c2ccnc3ncccc23)CC1. The summed E-state index contributed by atoms with van der Waals surface area (Å²) in [7, 11) is 0. The molecule has 1 aliphatic carbocycles. The molecular weight excluding hydrogens is 288 g/mol. The number of esters is 1. The van der Waals surface area contributed by atoms with Crippen LogP contribution in [-0.2, 0) is 9.53 Å². The molecule has 2 unspecified atom stereocenters. The standard InChI is InChI=1S/C19H22N2O2/c1-3-23-19(22)13(2)14-6-8-15(9-7-14)16-10-12-21-18-17(16)5-4-11-20-18/h4-5,8,10-14H,3,6-7,9H2,1-2H3. The Labute approximate surface area is 136 Å². The molecule has 4 heteroatoms. The predicted molar refractivity (Wildman–Crippen MR) is 90.7 cm³/mol. The molecule has 0 bridgehead atoms. The van der Waals surface area contributed by atoms with E-state index in [4.69, 9.17) is 4.74 Å². The highest BCUT2D eigenvalue weighted by Gasteiger charge is 2.27. The van der Waals surface area contributed by atoms with Gasteiger partial charge in [-0.15, -0.1) is 0 Å². The highest BCUT2D eigenvalue weighted by Crippen LogP contribution is 2.36. The molecule has 23 heavy (non-hydrogen) atoms. The summed E-state index contributed by atoms with van der Waals surface area (Å²) in [6.45, 7) is 4.28. The summed E-state index contributed by atoms with van der Waals surface area (Å²) in [6, 6.07) is 6.08. The van der Waals surface area contributed by atoms with E-state index in [1.165, 1.54) is 11.1 Å². The molecule has 0 fully saturated rings. The lowest BCUT2D eigenvalue weighted by molar-refractivity contribution is -0.149. The largest absolute Gasteiger partial charge is 0.466 e. The van der Waals surface area contributed by atoms with E-state index in [1.807, 2.05) is 26.1 Å². The maximum Gasteiger partial charge on any atom is 0.308 e. The zero-order valence-corrected chi connectivity index (χ0v) is 13.7. The van der Waals surface area contributed by atoms with Gasteiger partial charge >= 0.3 is 5.97 Å².